The monoisotopic (exact) mass is 265 g/mol. The molecule has 0 unspecified atom stereocenters. The lowest BCUT2D eigenvalue weighted by molar-refractivity contribution is 0.557. The number of hydrogen-bond donors (Lipinski definition) is 0. The molecule has 2 aromatic rings. The first-order valence-corrected chi connectivity index (χ1v) is 8.08. The van der Waals surface area contributed by atoms with Gasteiger partial charge in [0.1, 0.15) is 0 Å². The first kappa shape index (κ1) is 12.9. The summed E-state index contributed by atoms with van der Waals surface area (Å²) in [4.78, 5) is 4.65. The van der Waals surface area contributed by atoms with Crippen LogP contribution in [-0.4, -0.2) is 10.7 Å². The molecular formula is C14H19NS2. The van der Waals surface area contributed by atoms with Crippen molar-refractivity contribution in [2.75, 3.05) is 5.75 Å². The Hall–Kier alpha value is -0.540. The molecule has 0 aliphatic rings. The highest BCUT2D eigenvalue weighted by atomic mass is 32.2. The van der Waals surface area contributed by atoms with Crippen molar-refractivity contribution in [1.82, 2.24) is 4.98 Å². The maximum atomic E-state index is 4.65. The van der Waals surface area contributed by atoms with Gasteiger partial charge in [-0.25, -0.2) is 4.98 Å². The molecule has 92 valence electrons. The number of unbranched alkanes of at least 4 members (excludes halogenated alkanes) is 1. The highest BCUT2D eigenvalue weighted by Crippen LogP contribution is 2.30. The van der Waals surface area contributed by atoms with Crippen LogP contribution in [0, 0.1) is 5.92 Å². The van der Waals surface area contributed by atoms with Gasteiger partial charge in [0.2, 0.25) is 0 Å². The highest BCUT2D eigenvalue weighted by Gasteiger charge is 2.06. The zero-order valence-corrected chi connectivity index (χ0v) is 12.1. The molecule has 1 nitrogen and oxygen atoms in total. The summed E-state index contributed by atoms with van der Waals surface area (Å²) in [7, 11) is 0. The van der Waals surface area contributed by atoms with Crippen molar-refractivity contribution in [3.8, 4) is 0 Å². The van der Waals surface area contributed by atoms with E-state index in [4.69, 9.17) is 0 Å². The van der Waals surface area contributed by atoms with E-state index in [0.29, 0.717) is 0 Å². The van der Waals surface area contributed by atoms with Gasteiger partial charge in [-0.15, -0.1) is 11.3 Å². The summed E-state index contributed by atoms with van der Waals surface area (Å²) >= 11 is 3.73. The van der Waals surface area contributed by atoms with E-state index in [1.807, 2.05) is 23.1 Å². The van der Waals surface area contributed by atoms with Crippen molar-refractivity contribution in [1.29, 1.82) is 0 Å². The number of thioether (sulfide) groups is 1. The second-order valence-corrected chi connectivity index (χ2v) is 6.80. The van der Waals surface area contributed by atoms with Gasteiger partial charge in [-0.05, 0) is 24.5 Å². The molecular weight excluding hydrogens is 246 g/mol. The summed E-state index contributed by atoms with van der Waals surface area (Å²) in [5.41, 5.74) is 1.14. The van der Waals surface area contributed by atoms with Gasteiger partial charge in [-0.3, -0.25) is 0 Å². The highest BCUT2D eigenvalue weighted by molar-refractivity contribution is 8.01. The van der Waals surface area contributed by atoms with Crippen LogP contribution < -0.4 is 0 Å². The predicted molar refractivity (Wildman–Crippen MR) is 79.0 cm³/mol. The Morgan fingerprint density at radius 2 is 2.18 bits per heavy atom. The number of aromatic nitrogens is 1. The summed E-state index contributed by atoms with van der Waals surface area (Å²) in [6.07, 6.45) is 3.99. The number of thiazole rings is 1. The molecule has 0 N–H and O–H groups in total. The SMILES string of the molecule is CCCC[C@@H](C)CSc1nc2ccccc2s1. The lowest BCUT2D eigenvalue weighted by Gasteiger charge is -2.08. The molecule has 0 amide bonds. The molecule has 3 heteroatoms. The summed E-state index contributed by atoms with van der Waals surface area (Å²) in [5.74, 6) is 1.99. The average Bonchev–Trinajstić information content (AvgIpc) is 2.76. The van der Waals surface area contributed by atoms with Crippen LogP contribution in [0.15, 0.2) is 28.6 Å². The minimum atomic E-state index is 0.798. The van der Waals surface area contributed by atoms with Gasteiger partial charge in [0, 0.05) is 5.75 Å². The number of nitrogens with zero attached hydrogens (tertiary/aromatic N) is 1. The van der Waals surface area contributed by atoms with Crippen molar-refractivity contribution in [3.63, 3.8) is 0 Å². The molecule has 0 aliphatic heterocycles. The number of benzene rings is 1. The van der Waals surface area contributed by atoms with Crippen molar-refractivity contribution in [3.05, 3.63) is 24.3 Å². The van der Waals surface area contributed by atoms with Crippen LogP contribution in [0.2, 0.25) is 0 Å². The topological polar surface area (TPSA) is 12.9 Å². The average molecular weight is 265 g/mol. The largest absolute Gasteiger partial charge is 0.230 e. The van der Waals surface area contributed by atoms with Crippen LogP contribution >= 0.6 is 23.1 Å². The molecule has 0 spiro atoms. The van der Waals surface area contributed by atoms with Gasteiger partial charge >= 0.3 is 0 Å². The Morgan fingerprint density at radius 3 is 2.94 bits per heavy atom. The Balaban J connectivity index is 1.90. The maximum absolute atomic E-state index is 4.65. The van der Waals surface area contributed by atoms with Crippen molar-refractivity contribution >= 4 is 33.3 Å². The molecule has 1 atom stereocenters. The quantitative estimate of drug-likeness (QED) is 0.665. The second kappa shape index (κ2) is 6.41. The van der Waals surface area contributed by atoms with Crippen LogP contribution in [0.3, 0.4) is 0 Å². The van der Waals surface area contributed by atoms with Crippen molar-refractivity contribution in [2.24, 2.45) is 5.92 Å². The lowest BCUT2D eigenvalue weighted by Crippen LogP contribution is -1.97. The normalized spacial score (nSPS) is 13.1. The number of fused-ring (bicyclic) bond motifs is 1. The zero-order valence-electron chi connectivity index (χ0n) is 10.5. The van der Waals surface area contributed by atoms with E-state index in [9.17, 15) is 0 Å². The third-order valence-corrected chi connectivity index (χ3v) is 5.32. The summed E-state index contributed by atoms with van der Waals surface area (Å²) in [6, 6.07) is 8.38. The second-order valence-electron chi connectivity index (χ2n) is 4.51. The Labute approximate surface area is 112 Å². The summed E-state index contributed by atoms with van der Waals surface area (Å²) in [5, 5.41) is 0. The van der Waals surface area contributed by atoms with E-state index in [-0.39, 0.29) is 0 Å². The standard InChI is InChI=1S/C14H19NS2/c1-3-4-7-11(2)10-16-14-15-12-8-5-6-9-13(12)17-14/h5-6,8-9,11H,3-4,7,10H2,1-2H3/t11-/m1/s1. The van der Waals surface area contributed by atoms with Gasteiger partial charge in [-0.2, -0.15) is 0 Å². The van der Waals surface area contributed by atoms with Gasteiger partial charge in [0.15, 0.2) is 4.34 Å². The van der Waals surface area contributed by atoms with Gasteiger partial charge in [-0.1, -0.05) is 50.6 Å². The molecule has 0 bridgehead atoms. The molecule has 1 heterocycles. The number of hydrogen-bond acceptors (Lipinski definition) is 3. The fourth-order valence-electron chi connectivity index (χ4n) is 1.76. The third kappa shape index (κ3) is 3.71. The minimum Gasteiger partial charge on any atom is -0.230 e. The molecule has 17 heavy (non-hydrogen) atoms. The van der Waals surface area contributed by atoms with E-state index in [1.54, 1.807) is 0 Å². The Bertz CT molecular complexity index is 431. The molecule has 1 aromatic heterocycles. The Kier molecular flexibility index (Phi) is 4.86. The molecule has 0 fully saturated rings. The zero-order chi connectivity index (χ0) is 12.1. The van der Waals surface area contributed by atoms with Crippen molar-refractivity contribution in [2.45, 2.75) is 37.4 Å². The minimum absolute atomic E-state index is 0.798. The fourth-order valence-corrected chi connectivity index (χ4v) is 3.93. The Morgan fingerprint density at radius 1 is 1.35 bits per heavy atom. The molecule has 0 saturated carbocycles. The smallest absolute Gasteiger partial charge is 0.151 e. The third-order valence-electron chi connectivity index (χ3n) is 2.82. The molecule has 0 radical (unpaired) electrons. The van der Waals surface area contributed by atoms with Crippen LogP contribution in [-0.2, 0) is 0 Å². The lowest BCUT2D eigenvalue weighted by atomic mass is 10.1. The van der Waals surface area contributed by atoms with E-state index < -0.39 is 0 Å². The predicted octanol–water partition coefficient (Wildman–Crippen LogP) is 5.21. The van der Waals surface area contributed by atoms with E-state index >= 15 is 0 Å². The summed E-state index contributed by atoms with van der Waals surface area (Å²) < 4.78 is 2.52. The molecule has 0 saturated heterocycles. The van der Waals surface area contributed by atoms with Crippen LogP contribution in [0.4, 0.5) is 0 Å². The van der Waals surface area contributed by atoms with Crippen LogP contribution in [0.5, 0.6) is 0 Å². The van der Waals surface area contributed by atoms with E-state index in [2.05, 4.69) is 43.1 Å². The first-order chi connectivity index (χ1) is 8.29. The van der Waals surface area contributed by atoms with Crippen LogP contribution in [0.25, 0.3) is 10.2 Å². The molecule has 2 rings (SSSR count). The molecule has 0 aliphatic carbocycles. The maximum Gasteiger partial charge on any atom is 0.151 e. The van der Waals surface area contributed by atoms with E-state index in [0.717, 1.165) is 11.4 Å². The number of rotatable bonds is 6. The molecule has 1 aromatic carbocycles. The van der Waals surface area contributed by atoms with Gasteiger partial charge in [0.25, 0.3) is 0 Å². The van der Waals surface area contributed by atoms with Crippen LogP contribution in [0.1, 0.15) is 33.1 Å². The first-order valence-electron chi connectivity index (χ1n) is 6.28. The fraction of sp³-hybridized carbons (Fsp3) is 0.500. The summed E-state index contributed by atoms with van der Waals surface area (Å²) in [6.45, 7) is 4.60. The van der Waals surface area contributed by atoms with E-state index in [1.165, 1.54) is 34.1 Å². The van der Waals surface area contributed by atoms with Crippen molar-refractivity contribution < 1.29 is 0 Å². The number of para-hydroxylation sites is 1. The van der Waals surface area contributed by atoms with Gasteiger partial charge < -0.3 is 0 Å². The van der Waals surface area contributed by atoms with Gasteiger partial charge in [0.05, 0.1) is 10.2 Å².